The van der Waals surface area contributed by atoms with Crippen LogP contribution in [0.3, 0.4) is 0 Å². The summed E-state index contributed by atoms with van der Waals surface area (Å²) in [5.74, 6) is -1.73. The summed E-state index contributed by atoms with van der Waals surface area (Å²) in [5.41, 5.74) is -5.14. The number of halogens is 1. The minimum absolute atomic E-state index is 0.0513. The molecule has 0 aromatic heterocycles. The first-order valence-corrected chi connectivity index (χ1v) is 10.1. The predicted octanol–water partition coefficient (Wildman–Crippen LogP) is 1.90. The predicted molar refractivity (Wildman–Crippen MR) is 99.9 cm³/mol. The molecule has 3 N–H and O–H groups in total. The summed E-state index contributed by atoms with van der Waals surface area (Å²) in [6.45, 7) is 4.69. The molecule has 4 aliphatic rings. The summed E-state index contributed by atoms with van der Waals surface area (Å²) >= 11 is 0. The molecule has 0 aromatic carbocycles. The fraction of sp³-hybridized carbons (Fsp3) is 0.727. The molecule has 0 aliphatic heterocycles. The number of alkyl halides is 1. The fourth-order valence-electron chi connectivity index (χ4n) is 7.19. The molecule has 0 heterocycles. The molecule has 5 nitrogen and oxygen atoms in total. The molecule has 4 rings (SSSR count). The lowest BCUT2D eigenvalue weighted by atomic mass is 9.43. The van der Waals surface area contributed by atoms with E-state index in [1.807, 2.05) is 6.92 Å². The summed E-state index contributed by atoms with van der Waals surface area (Å²) in [6.07, 6.45) is 4.09. The highest BCUT2D eigenvalue weighted by Crippen LogP contribution is 2.70. The Morgan fingerprint density at radius 2 is 2.00 bits per heavy atom. The number of hydrogen-bond acceptors (Lipinski definition) is 5. The number of ketones is 2. The molecule has 6 heteroatoms. The van der Waals surface area contributed by atoms with Gasteiger partial charge >= 0.3 is 0 Å². The number of fused-ring (bicyclic) bond motifs is 5. The average Bonchev–Trinajstić information content (AvgIpc) is 2.91. The standard InChI is InChI=1S/C22H29FO5/c1-12-8-16-14-5-7-21(28,18(27)11-24)20(14,3)10-17(26)22(16,23)19(2)6-4-13(25)9-15(12)19/h4,6,9,12,14,16-17,24,26,28H,5,7-8,10-11H2,1-3H3/t12-,14-,16+,17-,19-,20+,21-,22-/m0/s1. The number of rotatable bonds is 2. The third-order valence-electron chi connectivity index (χ3n) is 8.73. The second kappa shape index (κ2) is 5.83. The van der Waals surface area contributed by atoms with Crippen molar-refractivity contribution in [1.82, 2.24) is 0 Å². The van der Waals surface area contributed by atoms with Crippen LogP contribution in [-0.2, 0) is 9.59 Å². The Bertz CT molecular complexity index is 805. The molecule has 3 fully saturated rings. The van der Waals surface area contributed by atoms with E-state index in [0.717, 1.165) is 0 Å². The molecular formula is C22H29FO5. The van der Waals surface area contributed by atoms with Crippen molar-refractivity contribution in [3.8, 4) is 0 Å². The minimum Gasteiger partial charge on any atom is -0.390 e. The van der Waals surface area contributed by atoms with Gasteiger partial charge in [-0.2, -0.15) is 0 Å². The molecule has 0 aromatic rings. The van der Waals surface area contributed by atoms with Gasteiger partial charge in [-0.15, -0.1) is 0 Å². The van der Waals surface area contributed by atoms with Gasteiger partial charge in [-0.25, -0.2) is 4.39 Å². The first kappa shape index (κ1) is 19.9. The summed E-state index contributed by atoms with van der Waals surface area (Å²) in [4.78, 5) is 24.3. The van der Waals surface area contributed by atoms with Crippen molar-refractivity contribution in [2.45, 2.75) is 63.8 Å². The van der Waals surface area contributed by atoms with Crippen LogP contribution >= 0.6 is 0 Å². The third kappa shape index (κ3) is 2.06. The largest absolute Gasteiger partial charge is 0.390 e. The van der Waals surface area contributed by atoms with E-state index in [4.69, 9.17) is 0 Å². The Morgan fingerprint density at radius 1 is 1.32 bits per heavy atom. The lowest BCUT2D eigenvalue weighted by Crippen LogP contribution is -2.69. The van der Waals surface area contributed by atoms with Crippen molar-refractivity contribution in [3.63, 3.8) is 0 Å². The van der Waals surface area contributed by atoms with Crippen molar-refractivity contribution in [1.29, 1.82) is 0 Å². The van der Waals surface area contributed by atoms with E-state index in [1.54, 1.807) is 19.9 Å². The van der Waals surface area contributed by atoms with Crippen LogP contribution in [0.25, 0.3) is 0 Å². The van der Waals surface area contributed by atoms with Crippen LogP contribution in [0.15, 0.2) is 23.8 Å². The topological polar surface area (TPSA) is 94.8 Å². The van der Waals surface area contributed by atoms with E-state index in [9.17, 15) is 24.9 Å². The van der Waals surface area contributed by atoms with Crippen LogP contribution in [0.5, 0.6) is 0 Å². The lowest BCUT2D eigenvalue weighted by Gasteiger charge is -2.63. The summed E-state index contributed by atoms with van der Waals surface area (Å²) in [5, 5.41) is 31.7. The average molecular weight is 392 g/mol. The van der Waals surface area contributed by atoms with E-state index in [1.165, 1.54) is 12.2 Å². The van der Waals surface area contributed by atoms with Gasteiger partial charge in [-0.3, -0.25) is 9.59 Å². The van der Waals surface area contributed by atoms with Gasteiger partial charge in [0.2, 0.25) is 0 Å². The maximum atomic E-state index is 16.9. The van der Waals surface area contributed by atoms with E-state index in [2.05, 4.69) is 0 Å². The van der Waals surface area contributed by atoms with Crippen molar-refractivity contribution in [2.24, 2.45) is 28.6 Å². The quantitative estimate of drug-likeness (QED) is 0.667. The highest BCUT2D eigenvalue weighted by molar-refractivity contribution is 6.01. The summed E-state index contributed by atoms with van der Waals surface area (Å²) in [6, 6.07) is 0. The second-order valence-electron chi connectivity index (χ2n) is 9.77. The Morgan fingerprint density at radius 3 is 2.64 bits per heavy atom. The number of carbonyl (C=O) groups excluding carboxylic acids is 2. The molecule has 8 atom stereocenters. The molecule has 4 aliphatic carbocycles. The van der Waals surface area contributed by atoms with Gasteiger partial charge in [0.25, 0.3) is 0 Å². The summed E-state index contributed by atoms with van der Waals surface area (Å²) < 4.78 is 16.9. The Balaban J connectivity index is 1.84. The van der Waals surface area contributed by atoms with E-state index in [0.29, 0.717) is 18.4 Å². The van der Waals surface area contributed by atoms with Crippen molar-refractivity contribution in [2.75, 3.05) is 6.61 Å². The molecule has 0 radical (unpaired) electrons. The highest BCUT2D eigenvalue weighted by atomic mass is 19.1. The molecule has 0 spiro atoms. The van der Waals surface area contributed by atoms with Crippen LogP contribution in [0.4, 0.5) is 4.39 Å². The van der Waals surface area contributed by atoms with Gasteiger partial charge in [-0.05, 0) is 56.6 Å². The van der Waals surface area contributed by atoms with Gasteiger partial charge in [0.05, 0.1) is 6.10 Å². The molecule has 0 saturated heterocycles. The Hall–Kier alpha value is -1.37. The maximum Gasteiger partial charge on any atom is 0.190 e. The normalized spacial score (nSPS) is 52.5. The Labute approximate surface area is 164 Å². The van der Waals surface area contributed by atoms with Crippen LogP contribution in [0, 0.1) is 28.6 Å². The van der Waals surface area contributed by atoms with Gasteiger partial charge < -0.3 is 15.3 Å². The number of Topliss-reactive ketones (excluding diaryl/α,β-unsaturated/α-hetero) is 1. The van der Waals surface area contributed by atoms with Crippen LogP contribution in [-0.4, -0.2) is 50.9 Å². The third-order valence-corrected chi connectivity index (χ3v) is 8.73. The fourth-order valence-corrected chi connectivity index (χ4v) is 7.19. The van der Waals surface area contributed by atoms with Crippen molar-refractivity contribution in [3.05, 3.63) is 23.8 Å². The van der Waals surface area contributed by atoms with Gasteiger partial charge in [0.1, 0.15) is 12.2 Å². The first-order chi connectivity index (χ1) is 13.0. The van der Waals surface area contributed by atoms with E-state index >= 15 is 4.39 Å². The van der Waals surface area contributed by atoms with Gasteiger partial charge in [0.15, 0.2) is 17.2 Å². The monoisotopic (exact) mass is 392 g/mol. The molecule has 28 heavy (non-hydrogen) atoms. The van der Waals surface area contributed by atoms with Crippen LogP contribution in [0.2, 0.25) is 0 Å². The molecule has 3 saturated carbocycles. The maximum absolute atomic E-state index is 16.9. The second-order valence-corrected chi connectivity index (χ2v) is 9.77. The van der Waals surface area contributed by atoms with Crippen molar-refractivity contribution >= 4 is 11.6 Å². The molecular weight excluding hydrogens is 363 g/mol. The lowest BCUT2D eigenvalue weighted by molar-refractivity contribution is -0.221. The molecule has 0 unspecified atom stereocenters. The first-order valence-electron chi connectivity index (χ1n) is 10.1. The Kier molecular flexibility index (Phi) is 4.15. The van der Waals surface area contributed by atoms with Crippen molar-refractivity contribution < 1.29 is 29.3 Å². The van der Waals surface area contributed by atoms with E-state index < -0.39 is 46.5 Å². The van der Waals surface area contributed by atoms with E-state index in [-0.39, 0.29) is 30.5 Å². The number of aliphatic hydroxyl groups excluding tert-OH is 2. The number of hydrogen-bond donors (Lipinski definition) is 3. The SMILES string of the molecule is C[C@H]1C[C@@H]2[C@@H]3CC[C@](O)(C(=O)CO)[C@]3(C)C[C@H](O)[C@]2(F)[C@@]2(C)C=CC(=O)C=C12. The molecule has 0 amide bonds. The molecule has 0 bridgehead atoms. The zero-order valence-electron chi connectivity index (χ0n) is 16.6. The highest BCUT2D eigenvalue weighted by Gasteiger charge is 2.74. The molecule has 154 valence electrons. The summed E-state index contributed by atoms with van der Waals surface area (Å²) in [7, 11) is 0. The van der Waals surface area contributed by atoms with Gasteiger partial charge in [-0.1, -0.05) is 25.5 Å². The zero-order chi connectivity index (χ0) is 20.7. The smallest absolute Gasteiger partial charge is 0.190 e. The number of carbonyl (C=O) groups is 2. The van der Waals surface area contributed by atoms with Crippen LogP contribution < -0.4 is 0 Å². The van der Waals surface area contributed by atoms with Gasteiger partial charge in [0, 0.05) is 16.7 Å². The minimum atomic E-state index is -1.99. The van der Waals surface area contributed by atoms with Crippen LogP contribution in [0.1, 0.15) is 46.5 Å². The zero-order valence-corrected chi connectivity index (χ0v) is 16.6. The number of aliphatic hydroxyl groups is 3. The number of allylic oxidation sites excluding steroid dienone is 4.